The van der Waals surface area contributed by atoms with Crippen molar-refractivity contribution in [1.29, 1.82) is 0 Å². The summed E-state index contributed by atoms with van der Waals surface area (Å²) in [5, 5.41) is -0.0151. The molecule has 1 aromatic rings. The average Bonchev–Trinajstić information content (AvgIpc) is 2.63. The first-order valence-electron chi connectivity index (χ1n) is 4.93. The van der Waals surface area contributed by atoms with Crippen LogP contribution in [-0.4, -0.2) is 29.5 Å². The van der Waals surface area contributed by atoms with E-state index in [4.69, 9.17) is 18.0 Å². The van der Waals surface area contributed by atoms with Crippen molar-refractivity contribution in [3.05, 3.63) is 12.5 Å². The van der Waals surface area contributed by atoms with E-state index in [1.165, 1.54) is 12.5 Å². The molecule has 0 radical (unpaired) electrons. The summed E-state index contributed by atoms with van der Waals surface area (Å²) in [6.07, 6.45) is 2.85. The van der Waals surface area contributed by atoms with E-state index in [9.17, 15) is 8.42 Å². The lowest BCUT2D eigenvalue weighted by Gasteiger charge is -2.22. The van der Waals surface area contributed by atoms with Crippen molar-refractivity contribution in [3.8, 4) is 0 Å². The van der Waals surface area contributed by atoms with Crippen LogP contribution < -0.4 is 10.5 Å². The topological polar surface area (TPSA) is 90.0 Å². The van der Waals surface area contributed by atoms with Crippen LogP contribution in [0.5, 0.6) is 0 Å². The largest absolute Gasteiger partial charge is 0.393 e. The van der Waals surface area contributed by atoms with E-state index in [2.05, 4.69) is 9.71 Å². The molecule has 0 aliphatic carbocycles. The first kappa shape index (κ1) is 14.1. The maximum Gasteiger partial charge on any atom is 0.259 e. The second-order valence-electron chi connectivity index (χ2n) is 4.45. The molecular weight excluding hydrogens is 260 g/mol. The summed E-state index contributed by atoms with van der Waals surface area (Å²) in [6.45, 7) is 3.69. The second-order valence-corrected chi connectivity index (χ2v) is 6.60. The van der Waals surface area contributed by atoms with Gasteiger partial charge in [0.15, 0.2) is 5.03 Å². The minimum absolute atomic E-state index is 0.0151. The highest BCUT2D eigenvalue weighted by Crippen LogP contribution is 2.15. The van der Waals surface area contributed by atoms with Crippen LogP contribution in [0.15, 0.2) is 17.6 Å². The van der Waals surface area contributed by atoms with Crippen molar-refractivity contribution in [2.75, 3.05) is 6.54 Å². The molecule has 1 aromatic heterocycles. The molecule has 0 saturated heterocycles. The van der Waals surface area contributed by atoms with Gasteiger partial charge in [0.1, 0.15) is 0 Å². The van der Waals surface area contributed by atoms with Crippen molar-refractivity contribution < 1.29 is 8.42 Å². The lowest BCUT2D eigenvalue weighted by Crippen LogP contribution is -2.41. The molecule has 0 bridgehead atoms. The fourth-order valence-corrected chi connectivity index (χ4v) is 2.23. The highest BCUT2D eigenvalue weighted by atomic mass is 32.2. The van der Waals surface area contributed by atoms with Gasteiger partial charge in [-0.2, -0.15) is 0 Å². The van der Waals surface area contributed by atoms with Crippen LogP contribution in [0.4, 0.5) is 0 Å². The number of imidazole rings is 1. The van der Waals surface area contributed by atoms with Gasteiger partial charge in [0.25, 0.3) is 10.0 Å². The Morgan fingerprint density at radius 3 is 2.65 bits per heavy atom. The molecule has 3 N–H and O–H groups in total. The third kappa shape index (κ3) is 3.48. The summed E-state index contributed by atoms with van der Waals surface area (Å²) < 4.78 is 27.7. The van der Waals surface area contributed by atoms with Crippen molar-refractivity contribution in [2.45, 2.75) is 18.9 Å². The van der Waals surface area contributed by atoms with Crippen LogP contribution in [0.25, 0.3) is 0 Å². The fraction of sp³-hybridized carbons (Fsp3) is 0.556. The first-order chi connectivity index (χ1) is 7.65. The Hall–Kier alpha value is -0.990. The molecule has 0 spiro atoms. The Labute approximate surface area is 106 Å². The quantitative estimate of drug-likeness (QED) is 0.739. The van der Waals surface area contributed by atoms with Crippen molar-refractivity contribution in [1.82, 2.24) is 14.3 Å². The Morgan fingerprint density at radius 2 is 2.24 bits per heavy atom. The lowest BCUT2D eigenvalue weighted by molar-refractivity contribution is 0.500. The van der Waals surface area contributed by atoms with E-state index < -0.39 is 15.4 Å². The summed E-state index contributed by atoms with van der Waals surface area (Å²) in [5.74, 6) is 0. The standard InChI is InChI=1S/C9H16N4O2S2/c1-9(2,8(10)16)5-12-17(14,15)7-4-13(3)6-11-7/h4,6,12H,5H2,1-3H3,(H2,10,16). The van der Waals surface area contributed by atoms with Gasteiger partial charge in [0, 0.05) is 25.2 Å². The maximum atomic E-state index is 11.8. The minimum Gasteiger partial charge on any atom is -0.393 e. The van der Waals surface area contributed by atoms with E-state index in [1.54, 1.807) is 25.5 Å². The second kappa shape index (κ2) is 4.71. The molecule has 1 rings (SSSR count). The normalized spacial score (nSPS) is 12.6. The summed E-state index contributed by atoms with van der Waals surface area (Å²) in [4.78, 5) is 4.05. The van der Waals surface area contributed by atoms with Crippen LogP contribution in [-0.2, 0) is 17.1 Å². The van der Waals surface area contributed by atoms with Crippen LogP contribution in [0.3, 0.4) is 0 Å². The van der Waals surface area contributed by atoms with Crippen molar-refractivity contribution in [2.24, 2.45) is 18.2 Å². The Bertz CT molecular complexity index is 519. The third-order valence-electron chi connectivity index (χ3n) is 2.33. The maximum absolute atomic E-state index is 11.8. The van der Waals surface area contributed by atoms with Crippen LogP contribution in [0, 0.1) is 5.41 Å². The van der Waals surface area contributed by atoms with Gasteiger partial charge in [-0.1, -0.05) is 26.1 Å². The molecule has 0 aliphatic heterocycles. The molecule has 0 aliphatic rings. The van der Waals surface area contributed by atoms with Crippen molar-refractivity contribution in [3.63, 3.8) is 0 Å². The average molecular weight is 276 g/mol. The van der Waals surface area contributed by atoms with E-state index in [0.717, 1.165) is 0 Å². The molecule has 0 fully saturated rings. The number of nitrogens with zero attached hydrogens (tertiary/aromatic N) is 2. The highest BCUT2D eigenvalue weighted by molar-refractivity contribution is 7.89. The first-order valence-corrected chi connectivity index (χ1v) is 6.82. The number of hydrogen-bond donors (Lipinski definition) is 2. The Kier molecular flexibility index (Phi) is 3.90. The van der Waals surface area contributed by atoms with E-state index in [-0.39, 0.29) is 16.6 Å². The zero-order valence-electron chi connectivity index (χ0n) is 9.97. The monoisotopic (exact) mass is 276 g/mol. The van der Waals surface area contributed by atoms with E-state index in [0.29, 0.717) is 0 Å². The molecule has 6 nitrogen and oxygen atoms in total. The van der Waals surface area contributed by atoms with Crippen molar-refractivity contribution >= 4 is 27.2 Å². The molecule has 0 saturated carbocycles. The molecule has 17 heavy (non-hydrogen) atoms. The van der Waals surface area contributed by atoms with Gasteiger partial charge in [-0.05, 0) is 0 Å². The van der Waals surface area contributed by atoms with Gasteiger partial charge in [-0.15, -0.1) is 0 Å². The molecule has 0 aromatic carbocycles. The molecular formula is C9H16N4O2S2. The SMILES string of the molecule is Cn1cnc(S(=O)(=O)NCC(C)(C)C(N)=S)c1. The third-order valence-corrected chi connectivity index (χ3v) is 4.17. The zero-order chi connectivity index (χ0) is 13.3. The van der Waals surface area contributed by atoms with Crippen LogP contribution >= 0.6 is 12.2 Å². The summed E-state index contributed by atoms with van der Waals surface area (Å²) in [5.41, 5.74) is 4.95. The number of nitrogens with one attached hydrogen (secondary N) is 1. The predicted molar refractivity (Wildman–Crippen MR) is 69.0 cm³/mol. The van der Waals surface area contributed by atoms with Gasteiger partial charge >= 0.3 is 0 Å². The molecule has 96 valence electrons. The fourth-order valence-electron chi connectivity index (χ4n) is 0.964. The zero-order valence-corrected chi connectivity index (χ0v) is 11.6. The summed E-state index contributed by atoms with van der Waals surface area (Å²) in [6, 6.07) is 0. The highest BCUT2D eigenvalue weighted by Gasteiger charge is 2.25. The number of aromatic nitrogens is 2. The number of hydrogen-bond acceptors (Lipinski definition) is 4. The predicted octanol–water partition coefficient (Wildman–Crippen LogP) is 0.0107. The Balaban J connectivity index is 2.79. The summed E-state index contributed by atoms with van der Waals surface area (Å²) in [7, 11) is -1.90. The lowest BCUT2D eigenvalue weighted by atomic mass is 9.94. The van der Waals surface area contributed by atoms with E-state index in [1.807, 2.05) is 0 Å². The number of thiocarbonyl (C=S) groups is 1. The Morgan fingerprint density at radius 1 is 1.65 bits per heavy atom. The van der Waals surface area contributed by atoms with Crippen LogP contribution in [0.2, 0.25) is 0 Å². The molecule has 0 atom stereocenters. The molecule has 1 heterocycles. The number of nitrogens with two attached hydrogens (primary N) is 1. The van der Waals surface area contributed by atoms with Gasteiger partial charge < -0.3 is 10.3 Å². The summed E-state index contributed by atoms with van der Waals surface area (Å²) >= 11 is 4.86. The molecule has 8 heteroatoms. The van der Waals surface area contributed by atoms with Gasteiger partial charge in [0.05, 0.1) is 11.3 Å². The van der Waals surface area contributed by atoms with E-state index >= 15 is 0 Å². The molecule has 0 amide bonds. The smallest absolute Gasteiger partial charge is 0.259 e. The van der Waals surface area contributed by atoms with Gasteiger partial charge in [-0.3, -0.25) is 0 Å². The number of aryl methyl sites for hydroxylation is 1. The minimum atomic E-state index is -3.60. The van der Waals surface area contributed by atoms with Crippen LogP contribution in [0.1, 0.15) is 13.8 Å². The molecule has 0 unspecified atom stereocenters. The van der Waals surface area contributed by atoms with Gasteiger partial charge in [-0.25, -0.2) is 18.1 Å². The van der Waals surface area contributed by atoms with Gasteiger partial charge in [0.2, 0.25) is 0 Å². The number of sulfonamides is 1. The number of rotatable bonds is 5.